The molecule has 0 spiro atoms. The van der Waals surface area contributed by atoms with Crippen LogP contribution in [0.25, 0.3) is 0 Å². The van der Waals surface area contributed by atoms with Gasteiger partial charge >= 0.3 is 0 Å². The van der Waals surface area contributed by atoms with Crippen molar-refractivity contribution in [3.05, 3.63) is 0 Å². The van der Waals surface area contributed by atoms with Gasteiger partial charge in [0.15, 0.2) is 0 Å². The molecular weight excluding hydrogens is 192 g/mol. The van der Waals surface area contributed by atoms with E-state index in [9.17, 15) is 0 Å². The number of fused-ring (bicyclic) bond motifs is 5. The molecule has 0 heteroatoms. The van der Waals surface area contributed by atoms with Crippen LogP contribution in [0.2, 0.25) is 0 Å². The minimum absolute atomic E-state index is 0.780. The smallest absolute Gasteiger partial charge is 0.0264 e. The summed E-state index contributed by atoms with van der Waals surface area (Å²) in [5, 5.41) is 0. The monoisotopic (exact) mass is 218 g/mol. The second kappa shape index (κ2) is 3.06. The van der Waals surface area contributed by atoms with Gasteiger partial charge in [-0.2, -0.15) is 0 Å². The predicted octanol–water partition coefficient (Wildman–Crippen LogP) is 4.49. The molecule has 4 rings (SSSR count). The molecule has 0 aliphatic heterocycles. The van der Waals surface area contributed by atoms with Gasteiger partial charge in [-0.05, 0) is 73.0 Å². The topological polar surface area (TPSA) is 0 Å². The minimum Gasteiger partial charge on any atom is -0.0620 e. The molecule has 0 saturated heterocycles. The lowest BCUT2D eigenvalue weighted by molar-refractivity contribution is 0.129. The normalized spacial score (nSPS) is 63.4. The fraction of sp³-hybridized carbons (Fsp3) is 1.00. The third-order valence-electron chi connectivity index (χ3n) is 7.42. The van der Waals surface area contributed by atoms with Crippen molar-refractivity contribution in [2.45, 2.75) is 58.8 Å². The Labute approximate surface area is 100 Å². The summed E-state index contributed by atoms with van der Waals surface area (Å²) >= 11 is 0. The molecule has 0 bridgehead atoms. The van der Waals surface area contributed by atoms with Crippen LogP contribution in [0.3, 0.4) is 0 Å². The summed E-state index contributed by atoms with van der Waals surface area (Å²) in [5.74, 6) is 6.74. The summed E-state index contributed by atoms with van der Waals surface area (Å²) in [7, 11) is 0. The van der Waals surface area contributed by atoms with Crippen LogP contribution in [-0.2, 0) is 0 Å². The predicted molar refractivity (Wildman–Crippen MR) is 67.0 cm³/mol. The van der Waals surface area contributed by atoms with E-state index in [0.29, 0.717) is 0 Å². The van der Waals surface area contributed by atoms with Gasteiger partial charge in [0, 0.05) is 0 Å². The lowest BCUT2D eigenvalue weighted by atomic mass is 9.69. The third kappa shape index (κ3) is 0.985. The first-order valence-electron chi connectivity index (χ1n) is 7.72. The van der Waals surface area contributed by atoms with E-state index in [0.717, 1.165) is 40.9 Å². The molecule has 0 heterocycles. The van der Waals surface area contributed by atoms with E-state index < -0.39 is 0 Å². The van der Waals surface area contributed by atoms with Crippen LogP contribution < -0.4 is 0 Å². The van der Waals surface area contributed by atoms with E-state index in [1.807, 2.05) is 0 Å². The summed E-state index contributed by atoms with van der Waals surface area (Å²) in [6.45, 7) is 5.26. The lowest BCUT2D eigenvalue weighted by Gasteiger charge is -2.35. The Morgan fingerprint density at radius 1 is 0.938 bits per heavy atom. The van der Waals surface area contributed by atoms with Crippen LogP contribution in [-0.4, -0.2) is 0 Å². The summed E-state index contributed by atoms with van der Waals surface area (Å²) in [4.78, 5) is 0. The van der Waals surface area contributed by atoms with Crippen LogP contribution in [0.1, 0.15) is 58.8 Å². The van der Waals surface area contributed by atoms with Crippen LogP contribution in [0.5, 0.6) is 0 Å². The SMILES string of the molecule is C[C@H]1[C@H]2CCC[C@H]2[C@@H]2[C@H]1C[C@@H]1CCC[C@@]12C. The van der Waals surface area contributed by atoms with E-state index in [2.05, 4.69) is 13.8 Å². The zero-order chi connectivity index (χ0) is 10.9. The Bertz CT molecular complexity index is 305. The van der Waals surface area contributed by atoms with Crippen molar-refractivity contribution < 1.29 is 0 Å². The van der Waals surface area contributed by atoms with Gasteiger partial charge < -0.3 is 0 Å². The maximum absolute atomic E-state index is 2.67. The second-order valence-electron chi connectivity index (χ2n) is 7.64. The molecule has 4 aliphatic rings. The number of rotatable bonds is 0. The second-order valence-corrected chi connectivity index (χ2v) is 7.64. The van der Waals surface area contributed by atoms with E-state index in [-0.39, 0.29) is 0 Å². The molecule has 90 valence electrons. The van der Waals surface area contributed by atoms with Crippen LogP contribution in [0.4, 0.5) is 0 Å². The fourth-order valence-corrected chi connectivity index (χ4v) is 6.84. The van der Waals surface area contributed by atoms with E-state index in [1.54, 1.807) is 38.5 Å². The molecule has 0 radical (unpaired) electrons. The molecule has 16 heavy (non-hydrogen) atoms. The van der Waals surface area contributed by atoms with Crippen LogP contribution in [0.15, 0.2) is 0 Å². The van der Waals surface area contributed by atoms with Crippen molar-refractivity contribution in [2.75, 3.05) is 0 Å². The van der Waals surface area contributed by atoms with Gasteiger partial charge in [0.05, 0.1) is 0 Å². The van der Waals surface area contributed by atoms with E-state index in [4.69, 9.17) is 0 Å². The average molecular weight is 218 g/mol. The molecule has 4 aliphatic carbocycles. The Kier molecular flexibility index (Phi) is 1.91. The van der Waals surface area contributed by atoms with Crippen molar-refractivity contribution in [3.63, 3.8) is 0 Å². The highest BCUT2D eigenvalue weighted by Gasteiger charge is 2.63. The Morgan fingerprint density at radius 3 is 2.62 bits per heavy atom. The van der Waals surface area contributed by atoms with E-state index in [1.165, 1.54) is 6.42 Å². The van der Waals surface area contributed by atoms with Gasteiger partial charge in [0.25, 0.3) is 0 Å². The van der Waals surface area contributed by atoms with Crippen LogP contribution in [0, 0.1) is 40.9 Å². The Hall–Kier alpha value is 0. The van der Waals surface area contributed by atoms with Crippen molar-refractivity contribution in [1.29, 1.82) is 0 Å². The summed E-state index contributed by atoms with van der Waals surface area (Å²) in [6, 6.07) is 0. The molecule has 4 fully saturated rings. The highest BCUT2D eigenvalue weighted by Crippen LogP contribution is 2.70. The summed E-state index contributed by atoms with van der Waals surface area (Å²) < 4.78 is 0. The van der Waals surface area contributed by atoms with Crippen LogP contribution >= 0.6 is 0 Å². The van der Waals surface area contributed by atoms with Crippen molar-refractivity contribution >= 4 is 0 Å². The van der Waals surface area contributed by atoms with Crippen molar-refractivity contribution in [3.8, 4) is 0 Å². The molecule has 0 amide bonds. The highest BCUT2D eigenvalue weighted by atomic mass is 14.7. The number of hydrogen-bond acceptors (Lipinski definition) is 0. The van der Waals surface area contributed by atoms with Crippen molar-refractivity contribution in [2.24, 2.45) is 40.9 Å². The Morgan fingerprint density at radius 2 is 1.75 bits per heavy atom. The first-order valence-corrected chi connectivity index (χ1v) is 7.72. The third-order valence-corrected chi connectivity index (χ3v) is 7.42. The average Bonchev–Trinajstić information content (AvgIpc) is 2.90. The maximum atomic E-state index is 2.67. The van der Waals surface area contributed by atoms with Gasteiger partial charge in [-0.3, -0.25) is 0 Å². The summed E-state index contributed by atoms with van der Waals surface area (Å²) in [6.07, 6.45) is 11.0. The van der Waals surface area contributed by atoms with Gasteiger partial charge in [-0.1, -0.05) is 26.7 Å². The van der Waals surface area contributed by atoms with Crippen molar-refractivity contribution in [1.82, 2.24) is 0 Å². The van der Waals surface area contributed by atoms with E-state index >= 15 is 0 Å². The minimum atomic E-state index is 0.780. The summed E-state index contributed by atoms with van der Waals surface area (Å²) in [5.41, 5.74) is 0.780. The number of hydrogen-bond donors (Lipinski definition) is 0. The highest BCUT2D eigenvalue weighted by molar-refractivity contribution is 5.12. The van der Waals surface area contributed by atoms with Gasteiger partial charge in [-0.15, -0.1) is 0 Å². The first kappa shape index (κ1) is 9.97. The molecule has 0 unspecified atom stereocenters. The quantitative estimate of drug-likeness (QED) is 0.562. The fourth-order valence-electron chi connectivity index (χ4n) is 6.84. The maximum Gasteiger partial charge on any atom is -0.0264 e. The molecule has 0 aromatic rings. The zero-order valence-corrected chi connectivity index (χ0v) is 10.9. The standard InChI is InChI=1S/C16H26/c1-10-12-6-3-7-13(12)15-14(10)9-11-5-4-8-16(11,15)2/h10-15H,3-9H2,1-2H3/t10-,11-,12+,13+,14-,15+,16-/m0/s1. The molecule has 0 nitrogen and oxygen atoms in total. The first-order chi connectivity index (χ1) is 7.72. The molecule has 7 atom stereocenters. The molecule has 0 N–H and O–H groups in total. The molecule has 4 saturated carbocycles. The van der Waals surface area contributed by atoms with Gasteiger partial charge in [0.1, 0.15) is 0 Å². The zero-order valence-electron chi connectivity index (χ0n) is 10.9. The van der Waals surface area contributed by atoms with Gasteiger partial charge in [0.2, 0.25) is 0 Å². The van der Waals surface area contributed by atoms with Gasteiger partial charge in [-0.25, -0.2) is 0 Å². The lowest BCUT2D eigenvalue weighted by Crippen LogP contribution is -2.29. The molecule has 0 aromatic carbocycles. The molecule has 0 aromatic heterocycles. The largest absolute Gasteiger partial charge is 0.0620 e. The molecular formula is C16H26. The Balaban J connectivity index is 1.74.